The predicted octanol–water partition coefficient (Wildman–Crippen LogP) is 2.87. The fourth-order valence-electron chi connectivity index (χ4n) is 5.07. The Kier molecular flexibility index (Phi) is 7.24. The minimum atomic E-state index is -0.791. The average Bonchev–Trinajstić information content (AvgIpc) is 3.26. The highest BCUT2D eigenvalue weighted by Crippen LogP contribution is 2.32. The Labute approximate surface area is 195 Å². The molecule has 0 radical (unpaired) electrons. The summed E-state index contributed by atoms with van der Waals surface area (Å²) in [5.74, 6) is 1.02. The molecule has 4 rings (SSSR count). The number of aliphatic hydroxyl groups is 1. The first kappa shape index (κ1) is 23.3. The third kappa shape index (κ3) is 5.03. The van der Waals surface area contributed by atoms with Gasteiger partial charge in [-0.2, -0.15) is 4.98 Å². The number of rotatable bonds is 7. The van der Waals surface area contributed by atoms with Crippen molar-refractivity contribution in [2.45, 2.75) is 69.7 Å². The largest absolute Gasteiger partial charge is 0.387 e. The van der Waals surface area contributed by atoms with Crippen LogP contribution in [0.25, 0.3) is 0 Å². The van der Waals surface area contributed by atoms with Gasteiger partial charge in [0.05, 0.1) is 18.3 Å². The first-order valence-electron chi connectivity index (χ1n) is 11.7. The maximum absolute atomic E-state index is 11.2. The summed E-state index contributed by atoms with van der Waals surface area (Å²) in [6.07, 6.45) is 4.12. The molecule has 1 aromatic carbocycles. The summed E-state index contributed by atoms with van der Waals surface area (Å²) in [5.41, 5.74) is 6.16. The van der Waals surface area contributed by atoms with E-state index in [-0.39, 0.29) is 12.1 Å². The zero-order valence-electron chi connectivity index (χ0n) is 19.0. The van der Waals surface area contributed by atoms with Crippen LogP contribution in [0.1, 0.15) is 45.1 Å². The number of anilines is 2. The van der Waals surface area contributed by atoms with Crippen LogP contribution < -0.4 is 10.6 Å². The summed E-state index contributed by atoms with van der Waals surface area (Å²) in [7, 11) is 0. The molecule has 1 aromatic heterocycles. The standard InChI is InChI=1S/C23H35ClN6O2/c1-3-23(31,4-2)20-14-30(19(15-32-20)13-16-5-7-17(24)8-6-16)18-9-11-29(12-10-18)22-26-21(25)27-28-22/h5-8,18-20,31H,3-4,9-15H2,1-2H3,(H3,25,26,27,28)/t19-,20+/m0/s1. The van der Waals surface area contributed by atoms with Crippen LogP contribution in [-0.2, 0) is 11.2 Å². The third-order valence-electron chi connectivity index (χ3n) is 7.25. The van der Waals surface area contributed by atoms with Gasteiger partial charge in [0.25, 0.3) is 0 Å². The topological polar surface area (TPSA) is 104 Å². The van der Waals surface area contributed by atoms with Gasteiger partial charge in [-0.3, -0.25) is 4.90 Å². The van der Waals surface area contributed by atoms with Crippen molar-refractivity contribution in [2.75, 3.05) is 36.9 Å². The van der Waals surface area contributed by atoms with Crippen molar-refractivity contribution in [3.05, 3.63) is 34.9 Å². The maximum atomic E-state index is 11.2. The number of benzene rings is 1. The highest BCUT2D eigenvalue weighted by Gasteiger charge is 2.43. The molecule has 2 saturated heterocycles. The molecule has 2 aliphatic rings. The van der Waals surface area contributed by atoms with E-state index >= 15 is 0 Å². The molecule has 9 heteroatoms. The van der Waals surface area contributed by atoms with E-state index in [1.807, 2.05) is 26.0 Å². The number of nitrogens with one attached hydrogen (secondary N) is 1. The summed E-state index contributed by atoms with van der Waals surface area (Å²) in [4.78, 5) is 9.05. The molecule has 4 N–H and O–H groups in total. The number of halogens is 1. The van der Waals surface area contributed by atoms with Gasteiger partial charge in [0, 0.05) is 36.7 Å². The van der Waals surface area contributed by atoms with Gasteiger partial charge in [0.15, 0.2) is 0 Å². The molecular weight excluding hydrogens is 428 g/mol. The number of nitrogen functional groups attached to an aromatic ring is 1. The normalized spacial score (nSPS) is 23.6. The van der Waals surface area contributed by atoms with Crippen LogP contribution in [0.15, 0.2) is 24.3 Å². The number of hydrogen-bond donors (Lipinski definition) is 3. The molecule has 0 aliphatic carbocycles. The Balaban J connectivity index is 1.48. The second-order valence-electron chi connectivity index (χ2n) is 9.05. The number of ether oxygens (including phenoxy) is 1. The minimum Gasteiger partial charge on any atom is -0.387 e. The highest BCUT2D eigenvalue weighted by molar-refractivity contribution is 6.30. The van der Waals surface area contributed by atoms with Gasteiger partial charge in [-0.05, 0) is 49.8 Å². The number of piperidine rings is 1. The van der Waals surface area contributed by atoms with Crippen molar-refractivity contribution in [2.24, 2.45) is 0 Å². The molecule has 32 heavy (non-hydrogen) atoms. The van der Waals surface area contributed by atoms with Gasteiger partial charge in [0.2, 0.25) is 11.9 Å². The summed E-state index contributed by atoms with van der Waals surface area (Å²) in [5, 5.41) is 18.8. The van der Waals surface area contributed by atoms with E-state index in [4.69, 9.17) is 22.1 Å². The smallest absolute Gasteiger partial charge is 0.246 e. The molecule has 0 amide bonds. The highest BCUT2D eigenvalue weighted by atomic mass is 35.5. The summed E-state index contributed by atoms with van der Waals surface area (Å²) >= 11 is 6.08. The lowest BCUT2D eigenvalue weighted by Crippen LogP contribution is -2.62. The zero-order chi connectivity index (χ0) is 22.7. The lowest BCUT2D eigenvalue weighted by Gasteiger charge is -2.49. The van der Waals surface area contributed by atoms with Crippen LogP contribution in [0.2, 0.25) is 5.02 Å². The van der Waals surface area contributed by atoms with E-state index in [1.165, 1.54) is 5.56 Å². The summed E-state index contributed by atoms with van der Waals surface area (Å²) in [6, 6.07) is 8.77. The molecular formula is C23H35ClN6O2. The Bertz CT molecular complexity index is 864. The van der Waals surface area contributed by atoms with Crippen LogP contribution in [0.3, 0.4) is 0 Å². The molecule has 2 fully saturated rings. The van der Waals surface area contributed by atoms with E-state index < -0.39 is 5.60 Å². The molecule has 3 heterocycles. The second kappa shape index (κ2) is 9.95. The van der Waals surface area contributed by atoms with E-state index in [2.05, 4.69) is 37.1 Å². The Hall–Kier alpha value is -1.87. The first-order chi connectivity index (χ1) is 15.4. The summed E-state index contributed by atoms with van der Waals surface area (Å²) in [6.45, 7) is 7.20. The Morgan fingerprint density at radius 3 is 2.50 bits per heavy atom. The number of H-pyrrole nitrogens is 1. The van der Waals surface area contributed by atoms with Crippen LogP contribution in [-0.4, -0.2) is 75.2 Å². The Morgan fingerprint density at radius 1 is 1.22 bits per heavy atom. The Morgan fingerprint density at radius 2 is 1.91 bits per heavy atom. The van der Waals surface area contributed by atoms with Crippen LogP contribution >= 0.6 is 11.6 Å². The van der Waals surface area contributed by atoms with Crippen molar-refractivity contribution in [1.29, 1.82) is 0 Å². The quantitative estimate of drug-likeness (QED) is 0.581. The van der Waals surface area contributed by atoms with Crippen LogP contribution in [0.5, 0.6) is 0 Å². The molecule has 2 atom stereocenters. The van der Waals surface area contributed by atoms with Crippen molar-refractivity contribution in [1.82, 2.24) is 20.1 Å². The SMILES string of the molecule is CCC(O)(CC)[C@H]1CN(C2CCN(c3n[nH]c(N)n3)CC2)[C@@H](Cc2ccc(Cl)cc2)CO1. The maximum Gasteiger partial charge on any atom is 0.246 e. The minimum absolute atomic E-state index is 0.176. The number of aromatic amines is 1. The number of nitrogens with zero attached hydrogens (tertiary/aromatic N) is 4. The summed E-state index contributed by atoms with van der Waals surface area (Å²) < 4.78 is 6.28. The van der Waals surface area contributed by atoms with Crippen LogP contribution in [0, 0.1) is 0 Å². The van der Waals surface area contributed by atoms with Gasteiger partial charge in [-0.25, -0.2) is 5.10 Å². The molecule has 2 aromatic rings. The molecule has 0 bridgehead atoms. The van der Waals surface area contributed by atoms with E-state index in [0.717, 1.165) is 43.9 Å². The second-order valence-corrected chi connectivity index (χ2v) is 9.49. The zero-order valence-corrected chi connectivity index (χ0v) is 19.8. The van der Waals surface area contributed by atoms with Gasteiger partial charge in [-0.15, -0.1) is 5.10 Å². The van der Waals surface area contributed by atoms with Gasteiger partial charge in [0.1, 0.15) is 0 Å². The van der Waals surface area contributed by atoms with Gasteiger partial charge in [-0.1, -0.05) is 37.6 Å². The molecule has 0 spiro atoms. The predicted molar refractivity (Wildman–Crippen MR) is 127 cm³/mol. The lowest BCUT2D eigenvalue weighted by atomic mass is 9.87. The third-order valence-corrected chi connectivity index (χ3v) is 7.50. The molecule has 0 unspecified atom stereocenters. The van der Waals surface area contributed by atoms with Crippen molar-refractivity contribution in [3.8, 4) is 0 Å². The fourth-order valence-corrected chi connectivity index (χ4v) is 5.19. The van der Waals surface area contributed by atoms with E-state index in [1.54, 1.807) is 0 Å². The van der Waals surface area contributed by atoms with Gasteiger partial charge >= 0.3 is 0 Å². The molecule has 0 saturated carbocycles. The average molecular weight is 463 g/mol. The number of hydrogen-bond acceptors (Lipinski definition) is 7. The number of aromatic nitrogens is 3. The fraction of sp³-hybridized carbons (Fsp3) is 0.652. The van der Waals surface area contributed by atoms with Gasteiger partial charge < -0.3 is 20.5 Å². The van der Waals surface area contributed by atoms with Crippen molar-refractivity contribution in [3.63, 3.8) is 0 Å². The molecule has 8 nitrogen and oxygen atoms in total. The van der Waals surface area contributed by atoms with E-state index in [0.29, 0.717) is 37.4 Å². The van der Waals surface area contributed by atoms with E-state index in [9.17, 15) is 5.11 Å². The van der Waals surface area contributed by atoms with Crippen molar-refractivity contribution >= 4 is 23.5 Å². The van der Waals surface area contributed by atoms with Crippen molar-refractivity contribution < 1.29 is 9.84 Å². The molecule has 176 valence electrons. The first-order valence-corrected chi connectivity index (χ1v) is 12.1. The monoisotopic (exact) mass is 462 g/mol. The lowest BCUT2D eigenvalue weighted by molar-refractivity contribution is -0.169. The number of morpholine rings is 1. The molecule has 2 aliphatic heterocycles. The number of nitrogens with two attached hydrogens (primary N) is 1. The van der Waals surface area contributed by atoms with Crippen LogP contribution in [0.4, 0.5) is 11.9 Å².